The number of carbonyl (C=O) groups excluding carboxylic acids is 2. The van der Waals surface area contributed by atoms with Gasteiger partial charge in [-0.05, 0) is 43.3 Å². The molecule has 0 unspecified atom stereocenters. The second-order valence-electron chi connectivity index (χ2n) is 6.60. The summed E-state index contributed by atoms with van der Waals surface area (Å²) in [7, 11) is 0. The molecule has 0 spiro atoms. The molecule has 3 aromatic heterocycles. The number of pyridine rings is 2. The molecule has 0 aliphatic rings. The molecule has 0 aliphatic carbocycles. The van der Waals surface area contributed by atoms with Gasteiger partial charge in [0.15, 0.2) is 6.61 Å². The van der Waals surface area contributed by atoms with Crippen LogP contribution >= 0.6 is 11.3 Å². The summed E-state index contributed by atoms with van der Waals surface area (Å²) in [6.45, 7) is 1.48. The van der Waals surface area contributed by atoms with Crippen molar-refractivity contribution < 1.29 is 19.1 Å². The Labute approximate surface area is 187 Å². The highest BCUT2D eigenvalue weighted by Gasteiger charge is 2.17. The molecule has 0 bridgehead atoms. The predicted molar refractivity (Wildman–Crippen MR) is 120 cm³/mol. The number of ether oxygens (including phenoxy) is 2. The van der Waals surface area contributed by atoms with Crippen LogP contribution in [0.25, 0.3) is 11.3 Å². The Hall–Kier alpha value is -4.11. The molecule has 0 saturated heterocycles. The fourth-order valence-corrected chi connectivity index (χ4v) is 3.43. The van der Waals surface area contributed by atoms with Crippen molar-refractivity contribution in [3.63, 3.8) is 0 Å². The van der Waals surface area contributed by atoms with Gasteiger partial charge in [-0.25, -0.2) is 14.8 Å². The zero-order valence-corrected chi connectivity index (χ0v) is 17.8. The van der Waals surface area contributed by atoms with Gasteiger partial charge < -0.3 is 14.8 Å². The minimum Gasteiger partial charge on any atom is -0.452 e. The Morgan fingerprint density at radius 2 is 1.97 bits per heavy atom. The zero-order valence-electron chi connectivity index (χ0n) is 17.0. The second kappa shape index (κ2) is 9.80. The topological polar surface area (TPSA) is 103 Å². The van der Waals surface area contributed by atoms with Crippen molar-refractivity contribution in [1.29, 1.82) is 0 Å². The summed E-state index contributed by atoms with van der Waals surface area (Å²) < 4.78 is 10.8. The fourth-order valence-electron chi connectivity index (χ4n) is 2.80. The molecule has 0 radical (unpaired) electrons. The van der Waals surface area contributed by atoms with Crippen molar-refractivity contribution >= 4 is 28.9 Å². The molecule has 8 nitrogen and oxygen atoms in total. The van der Waals surface area contributed by atoms with E-state index in [4.69, 9.17) is 9.47 Å². The van der Waals surface area contributed by atoms with Gasteiger partial charge in [0.1, 0.15) is 11.3 Å². The maximum atomic E-state index is 12.5. The first-order valence-corrected chi connectivity index (χ1v) is 10.5. The summed E-state index contributed by atoms with van der Waals surface area (Å²) in [6, 6.07) is 13.8. The summed E-state index contributed by atoms with van der Waals surface area (Å²) in [5.74, 6) is -0.701. The number of carbonyl (C=O) groups is 2. The van der Waals surface area contributed by atoms with Crippen molar-refractivity contribution in [2.24, 2.45) is 0 Å². The van der Waals surface area contributed by atoms with Crippen LogP contribution in [0.1, 0.15) is 15.4 Å². The van der Waals surface area contributed by atoms with Crippen LogP contribution in [0.4, 0.5) is 5.69 Å². The van der Waals surface area contributed by atoms with Crippen LogP contribution in [0.3, 0.4) is 0 Å². The first kappa shape index (κ1) is 21.1. The van der Waals surface area contributed by atoms with Crippen molar-refractivity contribution in [3.05, 3.63) is 83.1 Å². The van der Waals surface area contributed by atoms with Gasteiger partial charge in [0.05, 0.1) is 16.9 Å². The van der Waals surface area contributed by atoms with E-state index in [1.165, 1.54) is 18.5 Å². The molecular weight excluding hydrogens is 428 g/mol. The molecule has 4 aromatic rings. The number of esters is 1. The number of hydrogen-bond donors (Lipinski definition) is 1. The molecule has 0 fully saturated rings. The highest BCUT2D eigenvalue weighted by molar-refractivity contribution is 7.09. The van der Waals surface area contributed by atoms with E-state index in [1.54, 1.807) is 41.8 Å². The van der Waals surface area contributed by atoms with Crippen molar-refractivity contribution in [3.8, 4) is 22.9 Å². The maximum Gasteiger partial charge on any atom is 0.344 e. The number of benzene rings is 1. The normalized spacial score (nSPS) is 10.4. The van der Waals surface area contributed by atoms with E-state index in [9.17, 15) is 9.59 Å². The lowest BCUT2D eigenvalue weighted by Crippen LogP contribution is -2.21. The van der Waals surface area contributed by atoms with Crippen molar-refractivity contribution in [2.75, 3.05) is 11.9 Å². The minimum absolute atomic E-state index is 0.0668. The third kappa shape index (κ3) is 5.32. The molecule has 0 atom stereocenters. The average molecular weight is 446 g/mol. The van der Waals surface area contributed by atoms with E-state index in [1.807, 2.05) is 30.5 Å². The molecule has 9 heteroatoms. The fraction of sp³-hybridized carbons (Fsp3) is 0.0870. The Morgan fingerprint density at radius 1 is 1.09 bits per heavy atom. The average Bonchev–Trinajstić information content (AvgIpc) is 3.25. The maximum absolute atomic E-state index is 12.5. The summed E-state index contributed by atoms with van der Waals surface area (Å²) in [5, 5.41) is 5.64. The first-order valence-electron chi connectivity index (χ1n) is 9.61. The summed E-state index contributed by atoms with van der Waals surface area (Å²) in [6.07, 6.45) is 4.59. The van der Waals surface area contributed by atoms with E-state index in [2.05, 4.69) is 20.3 Å². The van der Waals surface area contributed by atoms with Crippen LogP contribution in [-0.2, 0) is 9.53 Å². The lowest BCUT2D eigenvalue weighted by molar-refractivity contribution is -0.119. The number of nitrogens with one attached hydrogen (secondary N) is 1. The third-order valence-electron chi connectivity index (χ3n) is 4.24. The number of amides is 1. The number of nitrogens with zero attached hydrogens (tertiary/aromatic N) is 3. The van der Waals surface area contributed by atoms with Gasteiger partial charge in [-0.15, -0.1) is 11.3 Å². The van der Waals surface area contributed by atoms with E-state index in [0.717, 1.165) is 16.3 Å². The first-order chi connectivity index (χ1) is 15.6. The van der Waals surface area contributed by atoms with Crippen LogP contribution in [0.5, 0.6) is 11.6 Å². The van der Waals surface area contributed by atoms with Gasteiger partial charge in [0.25, 0.3) is 5.91 Å². The predicted octanol–water partition coefficient (Wildman–Crippen LogP) is 4.50. The second-order valence-corrected chi connectivity index (χ2v) is 7.67. The van der Waals surface area contributed by atoms with Crippen molar-refractivity contribution in [1.82, 2.24) is 15.0 Å². The minimum atomic E-state index is -0.723. The van der Waals surface area contributed by atoms with Crippen LogP contribution in [0.2, 0.25) is 0 Å². The van der Waals surface area contributed by atoms with E-state index < -0.39 is 18.5 Å². The standard InChI is InChI=1S/C23H18N4O4S/c1-15-26-20(14-32-15)16-5-2-6-17(11-16)27-21(28)13-30-23(29)19-8-4-10-25-22(19)31-18-7-3-9-24-12-18/h2-12,14H,13H2,1H3,(H,27,28). The third-order valence-corrected chi connectivity index (χ3v) is 5.01. The van der Waals surface area contributed by atoms with Gasteiger partial charge in [-0.1, -0.05) is 12.1 Å². The number of rotatable bonds is 7. The summed E-state index contributed by atoms with van der Waals surface area (Å²) in [5.41, 5.74) is 2.41. The van der Waals surface area contributed by atoms with E-state index in [-0.39, 0.29) is 11.4 Å². The van der Waals surface area contributed by atoms with Crippen LogP contribution in [0.15, 0.2) is 72.5 Å². The number of anilines is 1. The molecule has 0 aliphatic heterocycles. The molecule has 0 saturated carbocycles. The van der Waals surface area contributed by atoms with E-state index >= 15 is 0 Å². The number of aromatic nitrogens is 3. The quantitative estimate of drug-likeness (QED) is 0.417. The Balaban J connectivity index is 1.37. The molecule has 1 aromatic carbocycles. The SMILES string of the molecule is Cc1nc(-c2cccc(NC(=O)COC(=O)c3cccnc3Oc3cccnc3)c2)cs1. The Morgan fingerprint density at radius 3 is 2.75 bits per heavy atom. The van der Waals surface area contributed by atoms with Crippen molar-refractivity contribution in [2.45, 2.75) is 6.92 Å². The smallest absolute Gasteiger partial charge is 0.344 e. The van der Waals surface area contributed by atoms with Gasteiger partial charge in [0.2, 0.25) is 5.88 Å². The Kier molecular flexibility index (Phi) is 6.47. The lowest BCUT2D eigenvalue weighted by Gasteiger charge is -2.10. The Bertz CT molecular complexity index is 1240. The van der Waals surface area contributed by atoms with Gasteiger partial charge in [-0.2, -0.15) is 0 Å². The zero-order chi connectivity index (χ0) is 22.3. The highest BCUT2D eigenvalue weighted by Crippen LogP contribution is 2.25. The molecular formula is C23H18N4O4S. The van der Waals surface area contributed by atoms with E-state index in [0.29, 0.717) is 11.4 Å². The molecule has 4 rings (SSSR count). The molecule has 160 valence electrons. The van der Waals surface area contributed by atoms with Gasteiger partial charge >= 0.3 is 5.97 Å². The van der Waals surface area contributed by atoms with Gasteiger partial charge in [0, 0.05) is 29.0 Å². The monoisotopic (exact) mass is 446 g/mol. The molecule has 3 heterocycles. The van der Waals surface area contributed by atoms with Crippen LogP contribution in [0, 0.1) is 6.92 Å². The van der Waals surface area contributed by atoms with Crippen LogP contribution < -0.4 is 10.1 Å². The molecule has 1 N–H and O–H groups in total. The number of aryl methyl sites for hydroxylation is 1. The van der Waals surface area contributed by atoms with Gasteiger partial charge in [-0.3, -0.25) is 9.78 Å². The largest absolute Gasteiger partial charge is 0.452 e. The number of thiazole rings is 1. The highest BCUT2D eigenvalue weighted by atomic mass is 32.1. The molecule has 1 amide bonds. The number of hydrogen-bond acceptors (Lipinski definition) is 8. The molecule has 32 heavy (non-hydrogen) atoms. The lowest BCUT2D eigenvalue weighted by atomic mass is 10.1. The summed E-state index contributed by atoms with van der Waals surface area (Å²) in [4.78, 5) is 37.3. The van der Waals surface area contributed by atoms with Crippen LogP contribution in [-0.4, -0.2) is 33.4 Å². The summed E-state index contributed by atoms with van der Waals surface area (Å²) >= 11 is 1.55.